The number of nitrogens with one attached hydrogen (secondary N) is 1. The molecule has 1 aromatic carbocycles. The summed E-state index contributed by atoms with van der Waals surface area (Å²) in [7, 11) is 3.16. The molecule has 0 saturated carbocycles. The van der Waals surface area contributed by atoms with Crippen LogP contribution in [0.1, 0.15) is 43.4 Å². The largest absolute Gasteiger partial charge is 0.493 e. The Kier molecular flexibility index (Phi) is 5.49. The Bertz CT molecular complexity index is 903. The molecule has 6 nitrogen and oxygen atoms in total. The van der Waals surface area contributed by atoms with Gasteiger partial charge in [-0.25, -0.2) is 4.98 Å². The third-order valence-corrected chi connectivity index (χ3v) is 5.04. The Balaban J connectivity index is 1.83. The van der Waals surface area contributed by atoms with E-state index in [-0.39, 0.29) is 11.0 Å². The zero-order valence-corrected chi connectivity index (χ0v) is 17.2. The first-order valence-electron chi connectivity index (χ1n) is 8.98. The van der Waals surface area contributed by atoms with Crippen LogP contribution in [0, 0.1) is 0 Å². The molecule has 2 heterocycles. The lowest BCUT2D eigenvalue weighted by Crippen LogP contribution is -2.37. The standard InChI is InChI=1S/C20H26ClN3O3/c1-20(2,3)19-22-15-6-7-24(11-13(15)18(25)23-19)10-12-8-14(21)17(27-5)16(9-12)26-4/h8-9H,6-7,10-11H2,1-5H3,(H,22,23,25). The van der Waals surface area contributed by atoms with Crippen LogP contribution in [0.5, 0.6) is 11.5 Å². The molecule has 0 radical (unpaired) electrons. The maximum Gasteiger partial charge on any atom is 0.255 e. The SMILES string of the molecule is COc1cc(CN2CCc3nc(C(C)(C)C)[nH]c(=O)c3C2)cc(Cl)c1OC. The number of aromatic nitrogens is 2. The molecule has 1 N–H and O–H groups in total. The molecule has 1 aliphatic rings. The lowest BCUT2D eigenvalue weighted by Gasteiger charge is -2.29. The lowest BCUT2D eigenvalue weighted by molar-refractivity contribution is 0.240. The summed E-state index contributed by atoms with van der Waals surface area (Å²) in [6, 6.07) is 3.80. The average molecular weight is 392 g/mol. The molecular weight excluding hydrogens is 366 g/mol. The highest BCUT2D eigenvalue weighted by Crippen LogP contribution is 2.36. The first-order valence-corrected chi connectivity index (χ1v) is 9.36. The van der Waals surface area contributed by atoms with Crippen molar-refractivity contribution in [2.45, 2.75) is 45.7 Å². The van der Waals surface area contributed by atoms with Gasteiger partial charge in [0.1, 0.15) is 5.82 Å². The second kappa shape index (κ2) is 7.52. The van der Waals surface area contributed by atoms with E-state index < -0.39 is 0 Å². The van der Waals surface area contributed by atoms with Gasteiger partial charge in [0.2, 0.25) is 0 Å². The molecule has 0 saturated heterocycles. The van der Waals surface area contributed by atoms with Gasteiger partial charge in [-0.15, -0.1) is 0 Å². The van der Waals surface area contributed by atoms with Gasteiger partial charge < -0.3 is 14.5 Å². The zero-order chi connectivity index (χ0) is 19.8. The zero-order valence-electron chi connectivity index (χ0n) is 16.5. The minimum Gasteiger partial charge on any atom is -0.493 e. The summed E-state index contributed by atoms with van der Waals surface area (Å²) < 4.78 is 10.7. The van der Waals surface area contributed by atoms with E-state index in [1.807, 2.05) is 32.9 Å². The minimum atomic E-state index is -0.179. The third-order valence-electron chi connectivity index (χ3n) is 4.76. The van der Waals surface area contributed by atoms with Gasteiger partial charge in [0.15, 0.2) is 11.5 Å². The van der Waals surface area contributed by atoms with Crippen molar-refractivity contribution < 1.29 is 9.47 Å². The van der Waals surface area contributed by atoms with Gasteiger partial charge >= 0.3 is 0 Å². The van der Waals surface area contributed by atoms with Gasteiger partial charge in [-0.1, -0.05) is 32.4 Å². The molecule has 0 unspecified atom stereocenters. The van der Waals surface area contributed by atoms with Crippen molar-refractivity contribution in [3.63, 3.8) is 0 Å². The number of fused-ring (bicyclic) bond motifs is 1. The molecule has 146 valence electrons. The van der Waals surface area contributed by atoms with Crippen LogP contribution >= 0.6 is 11.6 Å². The second-order valence-electron chi connectivity index (χ2n) is 7.86. The van der Waals surface area contributed by atoms with Gasteiger partial charge in [0, 0.05) is 31.5 Å². The molecule has 0 atom stereocenters. The predicted octanol–water partition coefficient (Wildman–Crippen LogP) is 3.30. The molecule has 3 rings (SSSR count). The monoisotopic (exact) mass is 391 g/mol. The normalized spacial score (nSPS) is 14.7. The van der Waals surface area contributed by atoms with Crippen LogP contribution < -0.4 is 15.0 Å². The topological polar surface area (TPSA) is 67.5 Å². The quantitative estimate of drug-likeness (QED) is 0.866. The molecule has 0 aliphatic carbocycles. The number of hydrogen-bond donors (Lipinski definition) is 1. The Morgan fingerprint density at radius 1 is 1.26 bits per heavy atom. The number of ether oxygens (including phenoxy) is 2. The van der Waals surface area contributed by atoms with Crippen molar-refractivity contribution in [3.05, 3.63) is 50.2 Å². The molecule has 0 bridgehead atoms. The fourth-order valence-electron chi connectivity index (χ4n) is 3.29. The molecule has 0 amide bonds. The van der Waals surface area contributed by atoms with Crippen LogP contribution in [-0.2, 0) is 24.9 Å². The molecule has 1 aromatic heterocycles. The molecule has 1 aliphatic heterocycles. The number of methoxy groups -OCH3 is 2. The van der Waals surface area contributed by atoms with Crippen LogP contribution in [0.3, 0.4) is 0 Å². The highest BCUT2D eigenvalue weighted by molar-refractivity contribution is 6.32. The summed E-state index contributed by atoms with van der Waals surface area (Å²) in [6.45, 7) is 8.21. The molecule has 27 heavy (non-hydrogen) atoms. The lowest BCUT2D eigenvalue weighted by atomic mass is 9.95. The van der Waals surface area contributed by atoms with Crippen LogP contribution in [0.4, 0.5) is 0 Å². The fraction of sp³-hybridized carbons (Fsp3) is 0.500. The summed E-state index contributed by atoms with van der Waals surface area (Å²) in [5, 5.41) is 0.513. The number of nitrogens with zero attached hydrogens (tertiary/aromatic N) is 2. The van der Waals surface area contributed by atoms with Crippen LogP contribution in [-0.4, -0.2) is 35.6 Å². The third kappa shape index (κ3) is 4.12. The average Bonchev–Trinajstić information content (AvgIpc) is 2.60. The van der Waals surface area contributed by atoms with E-state index >= 15 is 0 Å². The first-order chi connectivity index (χ1) is 12.7. The van der Waals surface area contributed by atoms with Gasteiger partial charge in [-0.2, -0.15) is 0 Å². The van der Waals surface area contributed by atoms with Gasteiger partial charge in [0.05, 0.1) is 30.5 Å². The van der Waals surface area contributed by atoms with Crippen molar-refractivity contribution in [2.75, 3.05) is 20.8 Å². The van der Waals surface area contributed by atoms with Crippen molar-refractivity contribution in [2.24, 2.45) is 0 Å². The molecular formula is C20H26ClN3O3. The van der Waals surface area contributed by atoms with Crippen LogP contribution in [0.2, 0.25) is 5.02 Å². The second-order valence-corrected chi connectivity index (χ2v) is 8.27. The fourth-order valence-corrected chi connectivity index (χ4v) is 3.60. The molecule has 2 aromatic rings. The van der Waals surface area contributed by atoms with E-state index in [1.165, 1.54) is 0 Å². The Labute approximate surface area is 164 Å². The Morgan fingerprint density at radius 3 is 2.63 bits per heavy atom. The van der Waals surface area contributed by atoms with Gasteiger partial charge in [-0.05, 0) is 17.7 Å². The highest BCUT2D eigenvalue weighted by Gasteiger charge is 2.25. The number of hydrogen-bond acceptors (Lipinski definition) is 5. The van der Waals surface area contributed by atoms with Crippen molar-refractivity contribution in [3.8, 4) is 11.5 Å². The van der Waals surface area contributed by atoms with Crippen LogP contribution in [0.15, 0.2) is 16.9 Å². The summed E-state index contributed by atoms with van der Waals surface area (Å²) in [5.41, 5.74) is 2.45. The number of benzene rings is 1. The first kappa shape index (κ1) is 19.7. The summed E-state index contributed by atoms with van der Waals surface area (Å²) in [4.78, 5) is 22.5. The van der Waals surface area contributed by atoms with Gasteiger partial charge in [-0.3, -0.25) is 9.69 Å². The van der Waals surface area contributed by atoms with E-state index in [2.05, 4.69) is 9.88 Å². The van der Waals surface area contributed by atoms with E-state index in [1.54, 1.807) is 14.2 Å². The van der Waals surface area contributed by atoms with Gasteiger partial charge in [0.25, 0.3) is 5.56 Å². The molecule has 7 heteroatoms. The summed E-state index contributed by atoms with van der Waals surface area (Å²) in [5.74, 6) is 1.88. The summed E-state index contributed by atoms with van der Waals surface area (Å²) >= 11 is 6.31. The smallest absolute Gasteiger partial charge is 0.255 e. The van der Waals surface area contributed by atoms with E-state index in [0.717, 1.165) is 35.6 Å². The van der Waals surface area contributed by atoms with Crippen LogP contribution in [0.25, 0.3) is 0 Å². The van der Waals surface area contributed by atoms with Crippen molar-refractivity contribution >= 4 is 11.6 Å². The van der Waals surface area contributed by atoms with E-state index in [4.69, 9.17) is 26.1 Å². The minimum absolute atomic E-state index is 0.0417. The van der Waals surface area contributed by atoms with E-state index in [0.29, 0.717) is 29.6 Å². The number of rotatable bonds is 4. The Morgan fingerprint density at radius 2 is 2.00 bits per heavy atom. The maximum atomic E-state index is 12.6. The highest BCUT2D eigenvalue weighted by atomic mass is 35.5. The molecule has 0 fully saturated rings. The number of H-pyrrole nitrogens is 1. The maximum absolute atomic E-state index is 12.6. The number of aromatic amines is 1. The Hall–Kier alpha value is -2.05. The van der Waals surface area contributed by atoms with Crippen molar-refractivity contribution in [1.82, 2.24) is 14.9 Å². The number of halogens is 1. The summed E-state index contributed by atoms with van der Waals surface area (Å²) in [6.07, 6.45) is 0.753. The van der Waals surface area contributed by atoms with E-state index in [9.17, 15) is 4.79 Å². The molecule has 0 spiro atoms. The van der Waals surface area contributed by atoms with Crippen molar-refractivity contribution in [1.29, 1.82) is 0 Å². The predicted molar refractivity (Wildman–Crippen MR) is 106 cm³/mol.